The molecule has 1 heterocycles. The first-order valence-electron chi connectivity index (χ1n) is 5.32. The van der Waals surface area contributed by atoms with Crippen molar-refractivity contribution in [2.24, 2.45) is 0 Å². The molecule has 5 heteroatoms. The molecule has 1 aromatic rings. The van der Waals surface area contributed by atoms with Gasteiger partial charge in [0.15, 0.2) is 9.84 Å². The van der Waals surface area contributed by atoms with Crippen LogP contribution in [0.3, 0.4) is 0 Å². The molecule has 1 aliphatic carbocycles. The normalized spacial score (nSPS) is 30.8. The van der Waals surface area contributed by atoms with Gasteiger partial charge in [-0.25, -0.2) is 8.42 Å². The Kier molecular flexibility index (Phi) is 2.88. The molecule has 1 aliphatic rings. The molecule has 0 saturated heterocycles. The molecule has 2 atom stereocenters. The maximum Gasteiger partial charge on any atom is 0.153 e. The van der Waals surface area contributed by atoms with Crippen LogP contribution in [0.25, 0.3) is 0 Å². The zero-order valence-electron chi connectivity index (χ0n) is 9.43. The van der Waals surface area contributed by atoms with Crippen LogP contribution in [0.15, 0.2) is 12.1 Å². The Morgan fingerprint density at radius 1 is 1.50 bits per heavy atom. The smallest absolute Gasteiger partial charge is 0.153 e. The Balaban J connectivity index is 2.44. The highest BCUT2D eigenvalue weighted by Crippen LogP contribution is 2.44. The number of sulfone groups is 1. The van der Waals surface area contributed by atoms with Crippen LogP contribution >= 0.6 is 11.3 Å². The van der Waals surface area contributed by atoms with E-state index in [0.29, 0.717) is 12.8 Å². The molecule has 2 rings (SSSR count). The molecule has 0 amide bonds. The minimum absolute atomic E-state index is 0.546. The van der Waals surface area contributed by atoms with Crippen molar-refractivity contribution in [3.8, 4) is 0 Å². The van der Waals surface area contributed by atoms with Gasteiger partial charge >= 0.3 is 0 Å². The van der Waals surface area contributed by atoms with Crippen LogP contribution in [-0.4, -0.2) is 25.0 Å². The molecule has 0 radical (unpaired) electrons. The highest BCUT2D eigenvalue weighted by Gasteiger charge is 2.48. The van der Waals surface area contributed by atoms with E-state index in [9.17, 15) is 13.5 Å². The van der Waals surface area contributed by atoms with Gasteiger partial charge in [0.05, 0.1) is 5.25 Å². The van der Waals surface area contributed by atoms with Gasteiger partial charge in [0.25, 0.3) is 0 Å². The van der Waals surface area contributed by atoms with E-state index in [1.54, 1.807) is 0 Å². The van der Waals surface area contributed by atoms with Crippen LogP contribution in [0.2, 0.25) is 0 Å². The fourth-order valence-electron chi connectivity index (χ4n) is 2.47. The van der Waals surface area contributed by atoms with Gasteiger partial charge in [-0.05, 0) is 38.3 Å². The molecule has 1 N–H and O–H groups in total. The zero-order valence-corrected chi connectivity index (χ0v) is 11.1. The van der Waals surface area contributed by atoms with Crippen molar-refractivity contribution in [3.05, 3.63) is 21.9 Å². The summed E-state index contributed by atoms with van der Waals surface area (Å²) in [7, 11) is -3.19. The lowest BCUT2D eigenvalue weighted by Gasteiger charge is -2.27. The second-order valence-corrected chi connectivity index (χ2v) is 8.06. The molecule has 2 unspecified atom stereocenters. The van der Waals surface area contributed by atoms with Gasteiger partial charge in [0.2, 0.25) is 0 Å². The van der Waals surface area contributed by atoms with E-state index >= 15 is 0 Å². The molecule has 0 aliphatic heterocycles. The number of aliphatic hydroxyl groups is 1. The number of hydrogen-bond acceptors (Lipinski definition) is 4. The van der Waals surface area contributed by atoms with Crippen molar-refractivity contribution in [1.29, 1.82) is 0 Å². The number of thiophene rings is 1. The van der Waals surface area contributed by atoms with Crippen LogP contribution < -0.4 is 0 Å². The molecular formula is C11H16O3S2. The fourth-order valence-corrected chi connectivity index (χ4v) is 5.14. The summed E-state index contributed by atoms with van der Waals surface area (Å²) < 4.78 is 23.3. The lowest BCUT2D eigenvalue weighted by molar-refractivity contribution is 0.0515. The van der Waals surface area contributed by atoms with E-state index in [0.717, 1.165) is 16.2 Å². The quantitative estimate of drug-likeness (QED) is 0.883. The Hall–Kier alpha value is -0.390. The van der Waals surface area contributed by atoms with E-state index in [-0.39, 0.29) is 0 Å². The van der Waals surface area contributed by atoms with Gasteiger partial charge in [0.1, 0.15) is 5.60 Å². The van der Waals surface area contributed by atoms with Crippen molar-refractivity contribution < 1.29 is 13.5 Å². The summed E-state index contributed by atoms with van der Waals surface area (Å²) in [5.41, 5.74) is -1.16. The first-order chi connectivity index (χ1) is 7.34. The predicted octanol–water partition coefficient (Wildman–Crippen LogP) is 1.84. The van der Waals surface area contributed by atoms with Gasteiger partial charge in [-0.1, -0.05) is 0 Å². The molecule has 0 aromatic carbocycles. The fraction of sp³-hybridized carbons (Fsp3) is 0.636. The highest BCUT2D eigenvalue weighted by molar-refractivity contribution is 7.91. The van der Waals surface area contributed by atoms with Crippen molar-refractivity contribution >= 4 is 21.2 Å². The van der Waals surface area contributed by atoms with Crippen LogP contribution in [-0.2, 0) is 15.4 Å². The average molecular weight is 260 g/mol. The van der Waals surface area contributed by atoms with Gasteiger partial charge in [-0.15, -0.1) is 11.3 Å². The highest BCUT2D eigenvalue weighted by atomic mass is 32.2. The Morgan fingerprint density at radius 3 is 2.69 bits per heavy atom. The third-order valence-electron chi connectivity index (χ3n) is 3.24. The molecule has 1 aromatic heterocycles. The third kappa shape index (κ3) is 1.92. The van der Waals surface area contributed by atoms with Gasteiger partial charge in [-0.3, -0.25) is 0 Å². The summed E-state index contributed by atoms with van der Waals surface area (Å²) in [5.74, 6) is 0. The molecular weight excluding hydrogens is 244 g/mol. The largest absolute Gasteiger partial charge is 0.383 e. The summed E-state index contributed by atoms with van der Waals surface area (Å²) in [5, 5.41) is 9.96. The van der Waals surface area contributed by atoms with Crippen LogP contribution in [0.4, 0.5) is 0 Å². The van der Waals surface area contributed by atoms with Crippen LogP contribution in [0.5, 0.6) is 0 Å². The minimum Gasteiger partial charge on any atom is -0.383 e. The molecule has 90 valence electrons. The number of hydrogen-bond donors (Lipinski definition) is 1. The molecule has 3 nitrogen and oxygen atoms in total. The summed E-state index contributed by atoms with van der Waals surface area (Å²) in [6, 6.07) is 3.78. The molecule has 16 heavy (non-hydrogen) atoms. The number of rotatable bonds is 2. The summed E-state index contributed by atoms with van der Waals surface area (Å²) >= 11 is 1.49. The van der Waals surface area contributed by atoms with E-state index in [4.69, 9.17) is 0 Å². The Morgan fingerprint density at radius 2 is 2.19 bits per heavy atom. The molecule has 0 spiro atoms. The Bertz CT molecular complexity index is 489. The minimum atomic E-state index is -3.19. The second kappa shape index (κ2) is 3.82. The first kappa shape index (κ1) is 12.1. The summed E-state index contributed by atoms with van der Waals surface area (Å²) in [4.78, 5) is 1.89. The van der Waals surface area contributed by atoms with Gasteiger partial charge < -0.3 is 5.11 Å². The van der Waals surface area contributed by atoms with Gasteiger partial charge in [0, 0.05) is 16.0 Å². The lowest BCUT2D eigenvalue weighted by Crippen LogP contribution is -2.38. The zero-order chi connectivity index (χ0) is 12.0. The van der Waals surface area contributed by atoms with Crippen molar-refractivity contribution in [2.45, 2.75) is 37.0 Å². The van der Waals surface area contributed by atoms with Crippen molar-refractivity contribution in [2.75, 3.05) is 6.26 Å². The predicted molar refractivity (Wildman–Crippen MR) is 65.4 cm³/mol. The second-order valence-electron chi connectivity index (χ2n) is 4.54. The summed E-state index contributed by atoms with van der Waals surface area (Å²) in [6.45, 7) is 1.96. The monoisotopic (exact) mass is 260 g/mol. The maximum absolute atomic E-state index is 11.7. The Labute approximate surface area is 100 Å². The third-order valence-corrected chi connectivity index (χ3v) is 6.07. The van der Waals surface area contributed by atoms with Crippen LogP contribution in [0.1, 0.15) is 29.0 Å². The first-order valence-corrected chi connectivity index (χ1v) is 8.09. The molecule has 0 bridgehead atoms. The molecule has 1 saturated carbocycles. The number of aryl methyl sites for hydroxylation is 1. The van der Waals surface area contributed by atoms with E-state index in [1.165, 1.54) is 17.6 Å². The maximum atomic E-state index is 11.7. The van der Waals surface area contributed by atoms with E-state index in [2.05, 4.69) is 0 Å². The van der Waals surface area contributed by atoms with Gasteiger partial charge in [-0.2, -0.15) is 0 Å². The van der Waals surface area contributed by atoms with Crippen LogP contribution in [0, 0.1) is 6.92 Å². The molecule has 1 fully saturated rings. The van der Waals surface area contributed by atoms with Crippen molar-refractivity contribution in [1.82, 2.24) is 0 Å². The van der Waals surface area contributed by atoms with E-state index < -0.39 is 20.7 Å². The lowest BCUT2D eigenvalue weighted by atomic mass is 10.0. The summed E-state index contributed by atoms with van der Waals surface area (Å²) in [6.07, 6.45) is 3.09. The van der Waals surface area contributed by atoms with Crippen molar-refractivity contribution in [3.63, 3.8) is 0 Å². The SMILES string of the molecule is Cc1ccc(C2(O)CCCC2S(C)(=O)=O)s1. The average Bonchev–Trinajstić information content (AvgIpc) is 2.71. The van der Waals surface area contributed by atoms with E-state index in [1.807, 2.05) is 19.1 Å². The standard InChI is InChI=1S/C11H16O3S2/c1-8-5-6-9(15-8)11(12)7-3-4-10(11)16(2,13)14/h5-6,10,12H,3-4,7H2,1-2H3. The topological polar surface area (TPSA) is 54.4 Å².